The monoisotopic (exact) mass is 274 g/mol. The molecule has 102 valence electrons. The maximum absolute atomic E-state index is 12.2. The number of ether oxygens (including phenoxy) is 1. The maximum atomic E-state index is 12.2. The fourth-order valence-electron chi connectivity index (χ4n) is 3.12. The smallest absolute Gasteiger partial charge is 0.338 e. The Labute approximate surface area is 122 Å². The molecule has 0 aliphatic heterocycles. The minimum atomic E-state index is -0.254. The lowest BCUT2D eigenvalue weighted by atomic mass is 9.92. The number of rotatable bonds is 2. The van der Waals surface area contributed by atoms with Gasteiger partial charge in [0.2, 0.25) is 0 Å². The van der Waals surface area contributed by atoms with Crippen LogP contribution in [0.5, 0.6) is 0 Å². The molecule has 0 saturated carbocycles. The van der Waals surface area contributed by atoms with Crippen molar-refractivity contribution in [3.63, 3.8) is 0 Å². The summed E-state index contributed by atoms with van der Waals surface area (Å²) in [6.07, 6.45) is 0. The van der Waals surface area contributed by atoms with Gasteiger partial charge in [0.15, 0.2) is 0 Å². The van der Waals surface area contributed by atoms with Gasteiger partial charge in [0, 0.05) is 0 Å². The molecule has 0 radical (unpaired) electrons. The largest absolute Gasteiger partial charge is 0.462 e. The van der Waals surface area contributed by atoms with E-state index < -0.39 is 0 Å². The molecule has 0 aliphatic carbocycles. The van der Waals surface area contributed by atoms with Crippen molar-refractivity contribution in [2.75, 3.05) is 6.61 Å². The second-order valence-electron chi connectivity index (χ2n) is 5.19. The summed E-state index contributed by atoms with van der Waals surface area (Å²) in [7, 11) is 0. The van der Waals surface area contributed by atoms with Crippen molar-refractivity contribution in [1.82, 2.24) is 0 Å². The van der Waals surface area contributed by atoms with E-state index in [-0.39, 0.29) is 5.97 Å². The molecule has 21 heavy (non-hydrogen) atoms. The Morgan fingerprint density at radius 2 is 1.48 bits per heavy atom. The minimum absolute atomic E-state index is 0.254. The van der Waals surface area contributed by atoms with E-state index in [0.29, 0.717) is 12.2 Å². The highest BCUT2D eigenvalue weighted by molar-refractivity contribution is 6.25. The summed E-state index contributed by atoms with van der Waals surface area (Å²) in [6, 6.07) is 18.5. The van der Waals surface area contributed by atoms with E-state index in [1.54, 1.807) is 0 Å². The van der Waals surface area contributed by atoms with E-state index in [4.69, 9.17) is 4.74 Å². The molecule has 0 bridgehead atoms. The Bertz CT molecular complexity index is 953. The van der Waals surface area contributed by atoms with E-state index in [1.165, 1.54) is 16.2 Å². The molecule has 2 nitrogen and oxygen atoms in total. The normalized spacial score (nSPS) is 11.5. The van der Waals surface area contributed by atoms with Crippen LogP contribution in [0.4, 0.5) is 0 Å². The molecule has 0 unspecified atom stereocenters. The second kappa shape index (κ2) is 4.45. The lowest BCUT2D eigenvalue weighted by Gasteiger charge is -2.13. The summed E-state index contributed by atoms with van der Waals surface area (Å²) in [5.41, 5.74) is 0.641. The summed E-state index contributed by atoms with van der Waals surface area (Å²) < 4.78 is 5.18. The zero-order valence-corrected chi connectivity index (χ0v) is 11.7. The molecular weight excluding hydrogens is 260 g/mol. The first-order chi connectivity index (χ1) is 10.3. The van der Waals surface area contributed by atoms with Gasteiger partial charge in [0.1, 0.15) is 0 Å². The highest BCUT2D eigenvalue weighted by atomic mass is 16.5. The van der Waals surface area contributed by atoms with Crippen molar-refractivity contribution < 1.29 is 9.53 Å². The summed E-state index contributed by atoms with van der Waals surface area (Å²) in [5.74, 6) is -0.254. The fraction of sp³-hybridized carbons (Fsp3) is 0.105. The van der Waals surface area contributed by atoms with Gasteiger partial charge in [-0.25, -0.2) is 4.79 Å². The minimum Gasteiger partial charge on any atom is -0.462 e. The van der Waals surface area contributed by atoms with E-state index in [2.05, 4.69) is 36.4 Å². The van der Waals surface area contributed by atoms with E-state index in [9.17, 15) is 4.79 Å². The van der Waals surface area contributed by atoms with Crippen molar-refractivity contribution in [3.05, 3.63) is 60.2 Å². The van der Waals surface area contributed by atoms with Crippen molar-refractivity contribution in [2.45, 2.75) is 6.92 Å². The molecule has 0 amide bonds. The van der Waals surface area contributed by atoms with Gasteiger partial charge in [-0.05, 0) is 45.3 Å². The Morgan fingerprint density at radius 1 is 0.857 bits per heavy atom. The van der Waals surface area contributed by atoms with E-state index in [0.717, 1.165) is 16.2 Å². The number of carbonyl (C=O) groups excluding carboxylic acids is 1. The number of esters is 1. The predicted octanol–water partition coefficient (Wildman–Crippen LogP) is 4.76. The molecular formula is C19H14O2. The number of benzene rings is 4. The lowest BCUT2D eigenvalue weighted by Crippen LogP contribution is -2.05. The quantitative estimate of drug-likeness (QED) is 0.389. The molecule has 0 atom stereocenters. The molecule has 0 heterocycles. The first-order valence-electron chi connectivity index (χ1n) is 7.13. The standard InChI is InChI=1S/C19H14O2/c1-2-21-19(20)16-11-9-14-7-6-12-4-3-5-13-8-10-15(16)18(14)17(12)13/h3-11H,2H2,1H3. The first kappa shape index (κ1) is 12.2. The molecule has 0 saturated heterocycles. The summed E-state index contributed by atoms with van der Waals surface area (Å²) in [5, 5.41) is 6.89. The van der Waals surface area contributed by atoms with E-state index >= 15 is 0 Å². The molecule has 0 aromatic heterocycles. The third-order valence-electron chi connectivity index (χ3n) is 4.02. The topological polar surface area (TPSA) is 26.3 Å². The van der Waals surface area contributed by atoms with Gasteiger partial charge >= 0.3 is 5.97 Å². The van der Waals surface area contributed by atoms with Crippen molar-refractivity contribution >= 4 is 38.3 Å². The van der Waals surface area contributed by atoms with Gasteiger partial charge in [-0.15, -0.1) is 0 Å². The molecule has 4 aromatic rings. The van der Waals surface area contributed by atoms with Crippen LogP contribution in [0.15, 0.2) is 54.6 Å². The van der Waals surface area contributed by atoms with Gasteiger partial charge in [-0.2, -0.15) is 0 Å². The molecule has 0 spiro atoms. The number of hydrogen-bond donors (Lipinski definition) is 0. The average Bonchev–Trinajstić information content (AvgIpc) is 2.52. The van der Waals surface area contributed by atoms with Crippen molar-refractivity contribution in [3.8, 4) is 0 Å². The zero-order valence-electron chi connectivity index (χ0n) is 11.7. The van der Waals surface area contributed by atoms with Crippen LogP contribution in [0, 0.1) is 0 Å². The summed E-state index contributed by atoms with van der Waals surface area (Å²) in [4.78, 5) is 12.2. The van der Waals surface area contributed by atoms with Crippen LogP contribution < -0.4 is 0 Å². The number of carbonyl (C=O) groups is 1. The highest BCUT2D eigenvalue weighted by Gasteiger charge is 2.15. The number of hydrogen-bond acceptors (Lipinski definition) is 2. The van der Waals surface area contributed by atoms with Crippen LogP contribution in [0.3, 0.4) is 0 Å². The van der Waals surface area contributed by atoms with Crippen molar-refractivity contribution in [2.24, 2.45) is 0 Å². The van der Waals surface area contributed by atoms with Crippen LogP contribution in [-0.2, 0) is 4.74 Å². The maximum Gasteiger partial charge on any atom is 0.338 e. The first-order valence-corrected chi connectivity index (χ1v) is 7.13. The Morgan fingerprint density at radius 3 is 2.19 bits per heavy atom. The SMILES string of the molecule is CCOC(=O)c1ccc2ccc3cccc4ccc1c2c34. The molecule has 4 aromatic carbocycles. The van der Waals surface area contributed by atoms with Crippen LogP contribution in [-0.4, -0.2) is 12.6 Å². The molecule has 2 heteroatoms. The Kier molecular flexibility index (Phi) is 2.58. The Hall–Kier alpha value is -2.61. The van der Waals surface area contributed by atoms with Crippen LogP contribution in [0.1, 0.15) is 17.3 Å². The van der Waals surface area contributed by atoms with Crippen LogP contribution >= 0.6 is 0 Å². The van der Waals surface area contributed by atoms with E-state index in [1.807, 2.05) is 25.1 Å². The zero-order chi connectivity index (χ0) is 14.4. The van der Waals surface area contributed by atoms with Crippen LogP contribution in [0.25, 0.3) is 32.3 Å². The fourth-order valence-corrected chi connectivity index (χ4v) is 3.12. The molecule has 0 N–H and O–H groups in total. The Balaban J connectivity index is 2.18. The predicted molar refractivity (Wildman–Crippen MR) is 86.1 cm³/mol. The molecule has 4 rings (SSSR count). The lowest BCUT2D eigenvalue weighted by molar-refractivity contribution is 0.0529. The van der Waals surface area contributed by atoms with Crippen LogP contribution in [0.2, 0.25) is 0 Å². The van der Waals surface area contributed by atoms with Gasteiger partial charge in [-0.3, -0.25) is 0 Å². The van der Waals surface area contributed by atoms with Crippen molar-refractivity contribution in [1.29, 1.82) is 0 Å². The summed E-state index contributed by atoms with van der Waals surface area (Å²) >= 11 is 0. The molecule has 0 aliphatic rings. The van der Waals surface area contributed by atoms with Gasteiger partial charge < -0.3 is 4.74 Å². The third kappa shape index (κ3) is 1.69. The third-order valence-corrected chi connectivity index (χ3v) is 4.02. The molecule has 0 fully saturated rings. The van der Waals surface area contributed by atoms with Gasteiger partial charge in [0.25, 0.3) is 0 Å². The average molecular weight is 274 g/mol. The summed E-state index contributed by atoms with van der Waals surface area (Å²) in [6.45, 7) is 2.22. The van der Waals surface area contributed by atoms with Gasteiger partial charge in [-0.1, -0.05) is 48.5 Å². The second-order valence-corrected chi connectivity index (χ2v) is 5.19. The van der Waals surface area contributed by atoms with Gasteiger partial charge in [0.05, 0.1) is 12.2 Å². The highest BCUT2D eigenvalue weighted by Crippen LogP contribution is 2.35.